The van der Waals surface area contributed by atoms with E-state index in [0.29, 0.717) is 24.6 Å². The lowest BCUT2D eigenvalue weighted by atomic mass is 10.2. The first-order valence-electron chi connectivity index (χ1n) is 7.82. The van der Waals surface area contributed by atoms with Crippen molar-refractivity contribution in [3.05, 3.63) is 17.0 Å². The van der Waals surface area contributed by atoms with Crippen LogP contribution in [-0.2, 0) is 10.0 Å². The SMILES string of the molecule is CCN(CC)CCN(CC(C)C)C(=O)c1csc(S(N)(=O)=O)c1. The summed E-state index contributed by atoms with van der Waals surface area (Å²) in [6.45, 7) is 12.2. The van der Waals surface area contributed by atoms with Crippen LogP contribution in [-0.4, -0.2) is 56.8 Å². The second-order valence-electron chi connectivity index (χ2n) is 5.87. The van der Waals surface area contributed by atoms with Gasteiger partial charge in [0, 0.05) is 25.0 Å². The lowest BCUT2D eigenvalue weighted by Crippen LogP contribution is -2.40. The summed E-state index contributed by atoms with van der Waals surface area (Å²) in [6, 6.07) is 1.37. The smallest absolute Gasteiger partial charge is 0.254 e. The Labute approximate surface area is 143 Å². The van der Waals surface area contributed by atoms with Crippen LogP contribution < -0.4 is 5.14 Å². The van der Waals surface area contributed by atoms with E-state index in [1.165, 1.54) is 6.07 Å². The van der Waals surface area contributed by atoms with Crippen LogP contribution in [0.15, 0.2) is 15.7 Å². The topological polar surface area (TPSA) is 83.7 Å². The number of hydrogen-bond acceptors (Lipinski definition) is 5. The quantitative estimate of drug-likeness (QED) is 0.727. The Morgan fingerprint density at radius 1 is 1.26 bits per heavy atom. The molecule has 0 bridgehead atoms. The van der Waals surface area contributed by atoms with E-state index in [4.69, 9.17) is 5.14 Å². The van der Waals surface area contributed by atoms with Gasteiger partial charge in [-0.25, -0.2) is 13.6 Å². The molecule has 0 aromatic carbocycles. The van der Waals surface area contributed by atoms with Crippen LogP contribution in [0.2, 0.25) is 0 Å². The molecule has 0 radical (unpaired) electrons. The van der Waals surface area contributed by atoms with Crippen molar-refractivity contribution < 1.29 is 13.2 Å². The van der Waals surface area contributed by atoms with E-state index in [0.717, 1.165) is 31.0 Å². The monoisotopic (exact) mass is 361 g/mol. The minimum absolute atomic E-state index is 0.0223. The second kappa shape index (κ2) is 8.77. The average Bonchev–Trinajstić information content (AvgIpc) is 2.95. The van der Waals surface area contributed by atoms with E-state index < -0.39 is 10.0 Å². The molecule has 8 heteroatoms. The van der Waals surface area contributed by atoms with Crippen molar-refractivity contribution in [2.45, 2.75) is 31.9 Å². The first-order chi connectivity index (χ1) is 10.7. The highest BCUT2D eigenvalue weighted by molar-refractivity contribution is 7.91. The predicted molar refractivity (Wildman–Crippen MR) is 94.2 cm³/mol. The molecule has 132 valence electrons. The zero-order valence-electron chi connectivity index (χ0n) is 14.3. The number of likely N-dealkylation sites (N-methyl/N-ethyl adjacent to an activating group) is 1. The van der Waals surface area contributed by atoms with Crippen molar-refractivity contribution >= 4 is 27.3 Å². The maximum absolute atomic E-state index is 12.7. The summed E-state index contributed by atoms with van der Waals surface area (Å²) in [7, 11) is -3.76. The van der Waals surface area contributed by atoms with Crippen molar-refractivity contribution in [2.24, 2.45) is 11.1 Å². The zero-order valence-corrected chi connectivity index (χ0v) is 15.9. The van der Waals surface area contributed by atoms with Crippen LogP contribution in [0.3, 0.4) is 0 Å². The maximum atomic E-state index is 12.7. The molecule has 0 fully saturated rings. The Bertz CT molecular complexity index is 607. The van der Waals surface area contributed by atoms with Crippen molar-refractivity contribution in [1.29, 1.82) is 0 Å². The van der Waals surface area contributed by atoms with Gasteiger partial charge in [0.1, 0.15) is 4.21 Å². The zero-order chi connectivity index (χ0) is 17.6. The molecule has 1 rings (SSSR count). The van der Waals surface area contributed by atoms with Crippen molar-refractivity contribution in [2.75, 3.05) is 32.7 Å². The Hall–Kier alpha value is -0.960. The van der Waals surface area contributed by atoms with Crippen molar-refractivity contribution in [3.8, 4) is 0 Å². The molecule has 0 atom stereocenters. The van der Waals surface area contributed by atoms with Crippen LogP contribution in [0.25, 0.3) is 0 Å². The molecule has 2 N–H and O–H groups in total. The molecular formula is C15H27N3O3S2. The van der Waals surface area contributed by atoms with Gasteiger partial charge in [-0.1, -0.05) is 27.7 Å². The fourth-order valence-electron chi connectivity index (χ4n) is 2.28. The Balaban J connectivity index is 2.88. The number of thiophene rings is 1. The number of carbonyl (C=O) groups excluding carboxylic acids is 1. The Morgan fingerprint density at radius 3 is 2.30 bits per heavy atom. The number of sulfonamides is 1. The van der Waals surface area contributed by atoms with E-state index in [1.54, 1.807) is 10.3 Å². The lowest BCUT2D eigenvalue weighted by Gasteiger charge is -2.27. The molecule has 0 aliphatic carbocycles. The maximum Gasteiger partial charge on any atom is 0.254 e. The summed E-state index contributed by atoms with van der Waals surface area (Å²) >= 11 is 0.984. The molecule has 1 heterocycles. The molecule has 0 saturated carbocycles. The molecule has 0 aliphatic rings. The molecule has 1 aromatic rings. The summed E-state index contributed by atoms with van der Waals surface area (Å²) in [6.07, 6.45) is 0. The first-order valence-corrected chi connectivity index (χ1v) is 10.2. The van der Waals surface area contributed by atoms with Gasteiger partial charge in [-0.3, -0.25) is 4.79 Å². The van der Waals surface area contributed by atoms with Gasteiger partial charge >= 0.3 is 0 Å². The van der Waals surface area contributed by atoms with Gasteiger partial charge in [0.25, 0.3) is 5.91 Å². The molecule has 1 aromatic heterocycles. The van der Waals surface area contributed by atoms with Gasteiger partial charge in [-0.15, -0.1) is 11.3 Å². The van der Waals surface area contributed by atoms with E-state index >= 15 is 0 Å². The largest absolute Gasteiger partial charge is 0.337 e. The Morgan fingerprint density at radius 2 is 1.87 bits per heavy atom. The van der Waals surface area contributed by atoms with Gasteiger partial charge in [0.05, 0.1) is 5.56 Å². The standard InChI is InChI=1S/C15H27N3O3S2/c1-5-17(6-2)7-8-18(10-12(3)4)15(19)13-9-14(22-11-13)23(16,20)21/h9,11-12H,5-8,10H2,1-4H3,(H2,16,20,21). The van der Waals surface area contributed by atoms with E-state index in [-0.39, 0.29) is 10.1 Å². The minimum Gasteiger partial charge on any atom is -0.337 e. The van der Waals surface area contributed by atoms with E-state index in [9.17, 15) is 13.2 Å². The van der Waals surface area contributed by atoms with Crippen LogP contribution in [0.1, 0.15) is 38.1 Å². The summed E-state index contributed by atoms with van der Waals surface area (Å²) in [5, 5.41) is 6.67. The molecule has 0 unspecified atom stereocenters. The fourth-order valence-corrected chi connectivity index (χ4v) is 3.86. The molecular weight excluding hydrogens is 334 g/mol. The predicted octanol–water partition coefficient (Wildman–Crippen LogP) is 1.84. The van der Waals surface area contributed by atoms with Crippen LogP contribution in [0.4, 0.5) is 0 Å². The molecule has 1 amide bonds. The molecule has 0 aliphatic heterocycles. The third-order valence-corrected chi connectivity index (χ3v) is 5.94. The fraction of sp³-hybridized carbons (Fsp3) is 0.667. The van der Waals surface area contributed by atoms with Gasteiger partial charge in [-0.2, -0.15) is 0 Å². The normalized spacial score (nSPS) is 12.1. The number of nitrogens with two attached hydrogens (primary N) is 1. The van der Waals surface area contributed by atoms with Crippen LogP contribution in [0.5, 0.6) is 0 Å². The molecule has 0 saturated heterocycles. The minimum atomic E-state index is -3.76. The summed E-state index contributed by atoms with van der Waals surface area (Å²) in [4.78, 5) is 16.7. The Kier molecular flexibility index (Phi) is 7.66. The second-order valence-corrected chi connectivity index (χ2v) is 8.57. The summed E-state index contributed by atoms with van der Waals surface area (Å²) < 4.78 is 22.8. The van der Waals surface area contributed by atoms with Crippen molar-refractivity contribution in [1.82, 2.24) is 9.80 Å². The van der Waals surface area contributed by atoms with Crippen molar-refractivity contribution in [3.63, 3.8) is 0 Å². The first kappa shape index (κ1) is 20.1. The number of primary sulfonamides is 1. The molecule has 23 heavy (non-hydrogen) atoms. The van der Waals surface area contributed by atoms with E-state index in [1.807, 2.05) is 0 Å². The van der Waals surface area contributed by atoms with Gasteiger partial charge in [0.15, 0.2) is 0 Å². The van der Waals surface area contributed by atoms with Gasteiger partial charge < -0.3 is 9.80 Å². The highest BCUT2D eigenvalue weighted by Gasteiger charge is 2.21. The third-order valence-electron chi connectivity index (χ3n) is 3.56. The summed E-state index contributed by atoms with van der Waals surface area (Å²) in [5.74, 6) is 0.198. The van der Waals surface area contributed by atoms with Gasteiger partial charge in [0.2, 0.25) is 10.0 Å². The average molecular weight is 362 g/mol. The van der Waals surface area contributed by atoms with Gasteiger partial charge in [-0.05, 0) is 25.1 Å². The molecule has 0 spiro atoms. The highest BCUT2D eigenvalue weighted by atomic mass is 32.2. The number of hydrogen-bond donors (Lipinski definition) is 1. The number of amides is 1. The number of carbonyl (C=O) groups is 1. The van der Waals surface area contributed by atoms with Crippen LogP contribution >= 0.6 is 11.3 Å². The molecule has 6 nitrogen and oxygen atoms in total. The number of nitrogens with zero attached hydrogens (tertiary/aromatic N) is 2. The lowest BCUT2D eigenvalue weighted by molar-refractivity contribution is 0.0717. The third kappa shape index (κ3) is 6.21. The van der Waals surface area contributed by atoms with E-state index in [2.05, 4.69) is 32.6 Å². The number of rotatable bonds is 9. The highest BCUT2D eigenvalue weighted by Crippen LogP contribution is 2.20. The van der Waals surface area contributed by atoms with Crippen LogP contribution in [0, 0.1) is 5.92 Å². The summed E-state index contributed by atoms with van der Waals surface area (Å²) in [5.41, 5.74) is 0.388.